The SMILES string of the molecule is CCN(CC)c1ccc(NC(=O)C2CCCN2)cn1. The Hall–Kier alpha value is -1.62. The summed E-state index contributed by atoms with van der Waals surface area (Å²) in [5.74, 6) is 0.983. The number of hydrogen-bond donors (Lipinski definition) is 2. The van der Waals surface area contributed by atoms with Gasteiger partial charge in [-0.25, -0.2) is 4.98 Å². The van der Waals surface area contributed by atoms with Gasteiger partial charge in [0, 0.05) is 13.1 Å². The maximum Gasteiger partial charge on any atom is 0.241 e. The van der Waals surface area contributed by atoms with Gasteiger partial charge >= 0.3 is 0 Å². The van der Waals surface area contributed by atoms with Crippen LogP contribution in [0.2, 0.25) is 0 Å². The molecule has 0 aliphatic carbocycles. The van der Waals surface area contributed by atoms with Crippen molar-refractivity contribution < 1.29 is 4.79 Å². The molecule has 1 aromatic heterocycles. The van der Waals surface area contributed by atoms with Gasteiger partial charge in [0.1, 0.15) is 5.82 Å². The summed E-state index contributed by atoms with van der Waals surface area (Å²) in [6, 6.07) is 3.81. The number of amides is 1. The number of aromatic nitrogens is 1. The Morgan fingerprint density at radius 2 is 2.26 bits per heavy atom. The summed E-state index contributed by atoms with van der Waals surface area (Å²) in [5.41, 5.74) is 0.759. The average molecular weight is 262 g/mol. The normalized spacial score (nSPS) is 18.3. The zero-order valence-corrected chi connectivity index (χ0v) is 11.6. The van der Waals surface area contributed by atoms with Gasteiger partial charge in [0.05, 0.1) is 17.9 Å². The molecule has 1 amide bonds. The van der Waals surface area contributed by atoms with Crippen LogP contribution < -0.4 is 15.5 Å². The summed E-state index contributed by atoms with van der Waals surface area (Å²) in [5, 5.41) is 6.09. The van der Waals surface area contributed by atoms with Crippen molar-refractivity contribution in [2.75, 3.05) is 29.9 Å². The van der Waals surface area contributed by atoms with Gasteiger partial charge in [0.15, 0.2) is 0 Å². The van der Waals surface area contributed by atoms with E-state index in [4.69, 9.17) is 0 Å². The molecule has 5 nitrogen and oxygen atoms in total. The van der Waals surface area contributed by atoms with E-state index >= 15 is 0 Å². The first kappa shape index (κ1) is 13.8. The van der Waals surface area contributed by atoms with E-state index in [1.165, 1.54) is 0 Å². The van der Waals surface area contributed by atoms with Crippen LogP contribution in [0.15, 0.2) is 18.3 Å². The zero-order valence-electron chi connectivity index (χ0n) is 11.6. The minimum absolute atomic E-state index is 0.0369. The fourth-order valence-corrected chi connectivity index (χ4v) is 2.33. The third-order valence-corrected chi connectivity index (χ3v) is 3.48. The van der Waals surface area contributed by atoms with Gasteiger partial charge in [-0.05, 0) is 45.4 Å². The van der Waals surface area contributed by atoms with E-state index in [2.05, 4.69) is 34.4 Å². The van der Waals surface area contributed by atoms with Crippen molar-refractivity contribution in [3.8, 4) is 0 Å². The molecule has 1 saturated heterocycles. The van der Waals surface area contributed by atoms with Crippen LogP contribution in [0.1, 0.15) is 26.7 Å². The van der Waals surface area contributed by atoms with Gasteiger partial charge in [0.25, 0.3) is 0 Å². The Balaban J connectivity index is 1.96. The molecule has 1 aliphatic heterocycles. The number of pyridine rings is 1. The Morgan fingerprint density at radius 3 is 2.79 bits per heavy atom. The van der Waals surface area contributed by atoms with Crippen LogP contribution in [0.5, 0.6) is 0 Å². The highest BCUT2D eigenvalue weighted by Gasteiger charge is 2.21. The van der Waals surface area contributed by atoms with Crippen molar-refractivity contribution in [2.45, 2.75) is 32.7 Å². The molecule has 1 atom stereocenters. The fourth-order valence-electron chi connectivity index (χ4n) is 2.33. The van der Waals surface area contributed by atoms with Crippen LogP contribution in [0.3, 0.4) is 0 Å². The minimum atomic E-state index is -0.0533. The van der Waals surface area contributed by atoms with E-state index in [0.717, 1.165) is 44.0 Å². The lowest BCUT2D eigenvalue weighted by molar-refractivity contribution is -0.117. The number of nitrogens with one attached hydrogen (secondary N) is 2. The number of carbonyl (C=O) groups is 1. The van der Waals surface area contributed by atoms with Gasteiger partial charge < -0.3 is 15.5 Å². The van der Waals surface area contributed by atoms with Gasteiger partial charge in [0.2, 0.25) is 5.91 Å². The largest absolute Gasteiger partial charge is 0.357 e. The standard InChI is InChI=1S/C14H22N4O/c1-3-18(4-2)13-8-7-11(10-16-13)17-14(19)12-6-5-9-15-12/h7-8,10,12,15H,3-6,9H2,1-2H3,(H,17,19). The van der Waals surface area contributed by atoms with Crippen molar-refractivity contribution in [2.24, 2.45) is 0 Å². The molecule has 2 rings (SSSR count). The lowest BCUT2D eigenvalue weighted by Gasteiger charge is -2.19. The summed E-state index contributed by atoms with van der Waals surface area (Å²) >= 11 is 0. The highest BCUT2D eigenvalue weighted by Crippen LogP contribution is 2.15. The second-order valence-electron chi connectivity index (χ2n) is 4.72. The molecule has 2 heterocycles. The fraction of sp³-hybridized carbons (Fsp3) is 0.571. The van der Waals surface area contributed by atoms with E-state index in [1.54, 1.807) is 6.20 Å². The van der Waals surface area contributed by atoms with Gasteiger partial charge in [-0.1, -0.05) is 0 Å². The van der Waals surface area contributed by atoms with Gasteiger partial charge in [-0.2, -0.15) is 0 Å². The monoisotopic (exact) mass is 262 g/mol. The number of anilines is 2. The zero-order chi connectivity index (χ0) is 13.7. The Morgan fingerprint density at radius 1 is 1.47 bits per heavy atom. The lowest BCUT2D eigenvalue weighted by Crippen LogP contribution is -2.35. The van der Waals surface area contributed by atoms with Crippen LogP contribution >= 0.6 is 0 Å². The van der Waals surface area contributed by atoms with Crippen molar-refractivity contribution in [3.05, 3.63) is 18.3 Å². The molecule has 0 aromatic carbocycles. The molecule has 1 aliphatic rings. The predicted molar refractivity (Wildman–Crippen MR) is 77.5 cm³/mol. The van der Waals surface area contributed by atoms with Crippen LogP contribution in [0, 0.1) is 0 Å². The summed E-state index contributed by atoms with van der Waals surface area (Å²) in [6.07, 6.45) is 3.70. The second kappa shape index (κ2) is 6.52. The highest BCUT2D eigenvalue weighted by atomic mass is 16.2. The summed E-state index contributed by atoms with van der Waals surface area (Å²) in [6.45, 7) is 7.00. The maximum atomic E-state index is 11.9. The molecule has 1 unspecified atom stereocenters. The third kappa shape index (κ3) is 3.44. The predicted octanol–water partition coefficient (Wildman–Crippen LogP) is 1.62. The van der Waals surface area contributed by atoms with E-state index in [-0.39, 0.29) is 11.9 Å². The molecule has 1 aromatic rings. The second-order valence-corrected chi connectivity index (χ2v) is 4.72. The third-order valence-electron chi connectivity index (χ3n) is 3.48. The molecular formula is C14H22N4O. The summed E-state index contributed by atoms with van der Waals surface area (Å²) in [4.78, 5) is 18.5. The van der Waals surface area contributed by atoms with Crippen molar-refractivity contribution in [1.82, 2.24) is 10.3 Å². The Bertz CT molecular complexity index is 408. The molecule has 104 valence electrons. The summed E-state index contributed by atoms with van der Waals surface area (Å²) < 4.78 is 0. The Kier molecular flexibility index (Phi) is 4.74. The van der Waals surface area contributed by atoms with Crippen LogP contribution in [-0.4, -0.2) is 36.6 Å². The number of carbonyl (C=O) groups excluding carboxylic acids is 1. The van der Waals surface area contributed by atoms with E-state index < -0.39 is 0 Å². The molecule has 0 spiro atoms. The van der Waals surface area contributed by atoms with Crippen LogP contribution in [-0.2, 0) is 4.79 Å². The van der Waals surface area contributed by atoms with E-state index in [0.29, 0.717) is 0 Å². The van der Waals surface area contributed by atoms with E-state index in [9.17, 15) is 4.79 Å². The number of nitrogens with zero attached hydrogens (tertiary/aromatic N) is 2. The first-order chi connectivity index (χ1) is 9.24. The topological polar surface area (TPSA) is 57.3 Å². The molecular weight excluding hydrogens is 240 g/mol. The molecule has 0 saturated carbocycles. The molecule has 5 heteroatoms. The van der Waals surface area contributed by atoms with Crippen molar-refractivity contribution >= 4 is 17.4 Å². The van der Waals surface area contributed by atoms with Gasteiger partial charge in [-0.15, -0.1) is 0 Å². The first-order valence-electron chi connectivity index (χ1n) is 6.99. The smallest absolute Gasteiger partial charge is 0.241 e. The molecule has 2 N–H and O–H groups in total. The molecule has 1 fully saturated rings. The quantitative estimate of drug-likeness (QED) is 0.846. The van der Waals surface area contributed by atoms with Crippen LogP contribution in [0.4, 0.5) is 11.5 Å². The highest BCUT2D eigenvalue weighted by molar-refractivity contribution is 5.94. The Labute approximate surface area is 114 Å². The van der Waals surface area contributed by atoms with Crippen LogP contribution in [0.25, 0.3) is 0 Å². The minimum Gasteiger partial charge on any atom is -0.357 e. The number of rotatable bonds is 5. The number of hydrogen-bond acceptors (Lipinski definition) is 4. The van der Waals surface area contributed by atoms with Crippen molar-refractivity contribution in [3.63, 3.8) is 0 Å². The molecule has 0 radical (unpaired) electrons. The molecule has 0 bridgehead atoms. The average Bonchev–Trinajstić information content (AvgIpc) is 2.96. The summed E-state index contributed by atoms with van der Waals surface area (Å²) in [7, 11) is 0. The van der Waals surface area contributed by atoms with E-state index in [1.807, 2.05) is 12.1 Å². The maximum absolute atomic E-state index is 11.9. The van der Waals surface area contributed by atoms with Gasteiger partial charge in [-0.3, -0.25) is 4.79 Å². The first-order valence-corrected chi connectivity index (χ1v) is 6.99. The lowest BCUT2D eigenvalue weighted by atomic mass is 10.2. The van der Waals surface area contributed by atoms with Crippen molar-refractivity contribution in [1.29, 1.82) is 0 Å². The molecule has 19 heavy (non-hydrogen) atoms.